The van der Waals surface area contributed by atoms with Gasteiger partial charge in [-0.3, -0.25) is 4.90 Å². The first-order valence-electron chi connectivity index (χ1n) is 8.78. The second kappa shape index (κ2) is 9.12. The van der Waals surface area contributed by atoms with E-state index in [-0.39, 0.29) is 0 Å². The lowest BCUT2D eigenvalue weighted by molar-refractivity contribution is 0.0883. The summed E-state index contributed by atoms with van der Waals surface area (Å²) in [5.74, 6) is 1.57. The molecule has 1 aliphatic rings. The lowest BCUT2D eigenvalue weighted by Gasteiger charge is -2.32. The third-order valence-corrected chi connectivity index (χ3v) is 4.80. The molecule has 1 aliphatic heterocycles. The minimum atomic E-state index is 0.447. The fourth-order valence-electron chi connectivity index (χ4n) is 3.37. The van der Waals surface area contributed by atoms with E-state index in [9.17, 15) is 0 Å². The average molecular weight is 299 g/mol. The molecule has 126 valence electrons. The van der Waals surface area contributed by atoms with Gasteiger partial charge in [-0.25, -0.2) is 0 Å². The molecular formula is C18H38N2O. The molecule has 21 heavy (non-hydrogen) atoms. The lowest BCUT2D eigenvalue weighted by Crippen LogP contribution is -2.46. The summed E-state index contributed by atoms with van der Waals surface area (Å²) in [6.07, 6.45) is 4.03. The van der Waals surface area contributed by atoms with E-state index < -0.39 is 0 Å². The summed E-state index contributed by atoms with van der Waals surface area (Å²) in [7, 11) is 1.82. The Morgan fingerprint density at radius 2 is 1.86 bits per heavy atom. The summed E-state index contributed by atoms with van der Waals surface area (Å²) in [6.45, 7) is 17.1. The predicted octanol–water partition coefficient (Wildman–Crippen LogP) is 3.40. The van der Waals surface area contributed by atoms with Crippen LogP contribution in [0.5, 0.6) is 0 Å². The summed E-state index contributed by atoms with van der Waals surface area (Å²) < 4.78 is 5.47. The zero-order chi connectivity index (χ0) is 15.9. The van der Waals surface area contributed by atoms with Crippen molar-refractivity contribution >= 4 is 0 Å². The highest BCUT2D eigenvalue weighted by atomic mass is 16.5. The summed E-state index contributed by atoms with van der Waals surface area (Å²) in [5.41, 5.74) is 0.447. The first kappa shape index (κ1) is 18.9. The number of rotatable bonds is 7. The molecule has 3 heteroatoms. The molecule has 1 rings (SSSR count). The topological polar surface area (TPSA) is 24.5 Å². The molecular weight excluding hydrogens is 260 g/mol. The van der Waals surface area contributed by atoms with Crippen molar-refractivity contribution in [2.45, 2.75) is 59.9 Å². The van der Waals surface area contributed by atoms with Crippen LogP contribution in [-0.4, -0.2) is 50.8 Å². The minimum absolute atomic E-state index is 0.447. The summed E-state index contributed by atoms with van der Waals surface area (Å²) >= 11 is 0. The second-order valence-corrected chi connectivity index (χ2v) is 8.19. The van der Waals surface area contributed by atoms with Crippen molar-refractivity contribution in [3.63, 3.8) is 0 Å². The fraction of sp³-hybridized carbons (Fsp3) is 1.00. The SMILES string of the molecule is COCC(CNCC(C)C)N1CCCC(C(C)(C)C)CC1. The quantitative estimate of drug-likeness (QED) is 0.779. The standard InChI is InChI=1S/C18H38N2O/c1-15(2)12-19-13-17(14-21-6)20-10-7-8-16(9-11-20)18(3,4)5/h15-17,19H,7-14H2,1-6H3. The molecule has 1 saturated heterocycles. The van der Waals surface area contributed by atoms with E-state index in [0.717, 1.165) is 25.6 Å². The van der Waals surface area contributed by atoms with E-state index in [0.29, 0.717) is 17.4 Å². The number of methoxy groups -OCH3 is 1. The highest BCUT2D eigenvalue weighted by molar-refractivity contribution is 4.82. The van der Waals surface area contributed by atoms with Crippen LogP contribution in [-0.2, 0) is 4.74 Å². The monoisotopic (exact) mass is 298 g/mol. The van der Waals surface area contributed by atoms with Gasteiger partial charge in [-0.05, 0) is 56.1 Å². The maximum Gasteiger partial charge on any atom is 0.0630 e. The van der Waals surface area contributed by atoms with Crippen molar-refractivity contribution in [2.24, 2.45) is 17.3 Å². The minimum Gasteiger partial charge on any atom is -0.383 e. The lowest BCUT2D eigenvalue weighted by atomic mass is 9.77. The van der Waals surface area contributed by atoms with E-state index >= 15 is 0 Å². The number of nitrogens with one attached hydrogen (secondary N) is 1. The molecule has 0 aromatic carbocycles. The smallest absolute Gasteiger partial charge is 0.0630 e. The van der Waals surface area contributed by atoms with E-state index in [1.54, 1.807) is 0 Å². The predicted molar refractivity (Wildman–Crippen MR) is 91.7 cm³/mol. The Labute approximate surface area is 132 Å². The fourth-order valence-corrected chi connectivity index (χ4v) is 3.37. The van der Waals surface area contributed by atoms with Gasteiger partial charge in [0.05, 0.1) is 6.61 Å². The van der Waals surface area contributed by atoms with Crippen molar-refractivity contribution < 1.29 is 4.74 Å². The van der Waals surface area contributed by atoms with Gasteiger partial charge in [0, 0.05) is 19.7 Å². The van der Waals surface area contributed by atoms with E-state index in [4.69, 9.17) is 4.74 Å². The molecule has 1 heterocycles. The molecule has 0 amide bonds. The molecule has 0 aromatic heterocycles. The van der Waals surface area contributed by atoms with Crippen molar-refractivity contribution in [3.8, 4) is 0 Å². The first-order valence-corrected chi connectivity index (χ1v) is 8.78. The molecule has 1 fully saturated rings. The summed E-state index contributed by atoms with van der Waals surface area (Å²) in [4.78, 5) is 2.66. The Balaban J connectivity index is 2.50. The molecule has 0 bridgehead atoms. The van der Waals surface area contributed by atoms with E-state index in [1.165, 1.54) is 32.4 Å². The van der Waals surface area contributed by atoms with Crippen LogP contribution in [0, 0.1) is 17.3 Å². The van der Waals surface area contributed by atoms with Crippen molar-refractivity contribution in [1.29, 1.82) is 0 Å². The highest BCUT2D eigenvalue weighted by Crippen LogP contribution is 2.34. The third kappa shape index (κ3) is 7.12. The molecule has 0 radical (unpaired) electrons. The van der Waals surface area contributed by atoms with Gasteiger partial charge in [0.1, 0.15) is 0 Å². The molecule has 0 spiro atoms. The van der Waals surface area contributed by atoms with Crippen LogP contribution in [0.4, 0.5) is 0 Å². The van der Waals surface area contributed by atoms with Crippen LogP contribution < -0.4 is 5.32 Å². The Morgan fingerprint density at radius 1 is 1.14 bits per heavy atom. The zero-order valence-electron chi connectivity index (χ0n) is 15.2. The Morgan fingerprint density at radius 3 is 2.43 bits per heavy atom. The first-order chi connectivity index (χ1) is 9.84. The molecule has 0 aromatic rings. The maximum atomic E-state index is 5.47. The zero-order valence-corrected chi connectivity index (χ0v) is 15.2. The largest absolute Gasteiger partial charge is 0.383 e. The summed E-state index contributed by atoms with van der Waals surface area (Å²) in [6, 6.07) is 0.521. The van der Waals surface area contributed by atoms with Crippen LogP contribution in [0.2, 0.25) is 0 Å². The molecule has 2 unspecified atom stereocenters. The van der Waals surface area contributed by atoms with Gasteiger partial charge in [0.25, 0.3) is 0 Å². The van der Waals surface area contributed by atoms with Crippen molar-refractivity contribution in [1.82, 2.24) is 10.2 Å². The second-order valence-electron chi connectivity index (χ2n) is 8.19. The average Bonchev–Trinajstić information content (AvgIpc) is 2.62. The van der Waals surface area contributed by atoms with Crippen molar-refractivity contribution in [2.75, 3.05) is 39.9 Å². The van der Waals surface area contributed by atoms with Gasteiger partial charge in [0.15, 0.2) is 0 Å². The number of hydrogen-bond donors (Lipinski definition) is 1. The van der Waals surface area contributed by atoms with Gasteiger partial charge in [-0.15, -0.1) is 0 Å². The summed E-state index contributed by atoms with van der Waals surface area (Å²) in [5, 5.41) is 3.61. The molecule has 0 aliphatic carbocycles. The van der Waals surface area contributed by atoms with Gasteiger partial charge in [-0.2, -0.15) is 0 Å². The highest BCUT2D eigenvalue weighted by Gasteiger charge is 2.29. The Bertz CT molecular complexity index is 273. The van der Waals surface area contributed by atoms with Crippen LogP contribution in [0.25, 0.3) is 0 Å². The van der Waals surface area contributed by atoms with E-state index in [2.05, 4.69) is 44.8 Å². The van der Waals surface area contributed by atoms with Crippen LogP contribution >= 0.6 is 0 Å². The van der Waals surface area contributed by atoms with E-state index in [1.807, 2.05) is 7.11 Å². The Hall–Kier alpha value is -0.120. The van der Waals surface area contributed by atoms with Gasteiger partial charge >= 0.3 is 0 Å². The molecule has 3 nitrogen and oxygen atoms in total. The van der Waals surface area contributed by atoms with Crippen molar-refractivity contribution in [3.05, 3.63) is 0 Å². The van der Waals surface area contributed by atoms with Gasteiger partial charge < -0.3 is 10.1 Å². The number of nitrogens with zero attached hydrogens (tertiary/aromatic N) is 1. The maximum absolute atomic E-state index is 5.47. The van der Waals surface area contributed by atoms with Gasteiger partial charge in [0.2, 0.25) is 0 Å². The number of ether oxygens (including phenoxy) is 1. The molecule has 1 N–H and O–H groups in total. The van der Waals surface area contributed by atoms with Crippen LogP contribution in [0.15, 0.2) is 0 Å². The van der Waals surface area contributed by atoms with Crippen LogP contribution in [0.3, 0.4) is 0 Å². The molecule has 2 atom stereocenters. The normalized spacial score (nSPS) is 23.3. The third-order valence-electron chi connectivity index (χ3n) is 4.80. The number of likely N-dealkylation sites (tertiary alicyclic amines) is 1. The molecule has 0 saturated carbocycles. The Kier molecular flexibility index (Phi) is 8.22. The number of hydrogen-bond acceptors (Lipinski definition) is 3. The van der Waals surface area contributed by atoms with Gasteiger partial charge in [-0.1, -0.05) is 34.6 Å². The van der Waals surface area contributed by atoms with Crippen LogP contribution in [0.1, 0.15) is 53.9 Å².